The van der Waals surface area contributed by atoms with E-state index in [1.807, 2.05) is 0 Å². The van der Waals surface area contributed by atoms with Crippen LogP contribution >= 0.6 is 0 Å². The molecule has 0 saturated carbocycles. The van der Waals surface area contributed by atoms with Gasteiger partial charge in [0.1, 0.15) is 6.54 Å². The summed E-state index contributed by atoms with van der Waals surface area (Å²) in [4.78, 5) is 22.5. The van der Waals surface area contributed by atoms with E-state index in [0.29, 0.717) is 0 Å². The predicted octanol–water partition coefficient (Wildman–Crippen LogP) is 2.29. The van der Waals surface area contributed by atoms with E-state index in [4.69, 9.17) is 9.84 Å². The number of rotatable bonds is 4. The lowest BCUT2D eigenvalue weighted by Crippen LogP contribution is -2.16. The second kappa shape index (κ2) is 5.14. The zero-order valence-corrected chi connectivity index (χ0v) is 10.8. The first-order valence-electron chi connectivity index (χ1n) is 5.99. The molecule has 100 valence electrons. The molecule has 1 aromatic carbocycles. The summed E-state index contributed by atoms with van der Waals surface area (Å²) in [6.45, 7) is 3.71. The minimum absolute atomic E-state index is 0.119. The number of carbonyl (C=O) groups excluding carboxylic acids is 1. The van der Waals surface area contributed by atoms with Gasteiger partial charge >= 0.3 is 11.9 Å². The van der Waals surface area contributed by atoms with Crippen molar-refractivity contribution >= 4 is 22.8 Å². The van der Waals surface area contributed by atoms with Crippen LogP contribution in [0.1, 0.15) is 24.2 Å². The van der Waals surface area contributed by atoms with Crippen molar-refractivity contribution in [2.24, 2.45) is 0 Å². The minimum Gasteiger partial charge on any atom is -0.478 e. The fourth-order valence-electron chi connectivity index (χ4n) is 1.91. The Kier molecular flexibility index (Phi) is 3.55. The summed E-state index contributed by atoms with van der Waals surface area (Å²) in [6, 6.07) is 6.59. The maximum Gasteiger partial charge on any atom is 0.335 e. The molecule has 0 saturated heterocycles. The molecule has 1 heterocycles. The summed E-state index contributed by atoms with van der Waals surface area (Å²) in [6.07, 6.45) is 1.60. The SMILES string of the molecule is CC(C)OC(=O)Cn1ccc2cc(C(=O)O)ccc21. The van der Waals surface area contributed by atoms with Crippen LogP contribution in [0, 0.1) is 0 Å². The monoisotopic (exact) mass is 261 g/mol. The Morgan fingerprint density at radius 3 is 2.68 bits per heavy atom. The molecule has 0 bridgehead atoms. The molecule has 2 aromatic rings. The van der Waals surface area contributed by atoms with Crippen molar-refractivity contribution in [2.45, 2.75) is 26.5 Å². The van der Waals surface area contributed by atoms with Gasteiger partial charge in [0.15, 0.2) is 0 Å². The number of carboxylic acids is 1. The molecule has 19 heavy (non-hydrogen) atoms. The van der Waals surface area contributed by atoms with Crippen molar-refractivity contribution in [3.63, 3.8) is 0 Å². The molecule has 0 fully saturated rings. The number of fused-ring (bicyclic) bond motifs is 1. The highest BCUT2D eigenvalue weighted by molar-refractivity contribution is 5.93. The smallest absolute Gasteiger partial charge is 0.335 e. The average Bonchev–Trinajstić information content (AvgIpc) is 2.70. The number of carbonyl (C=O) groups is 2. The molecule has 0 aliphatic heterocycles. The molecule has 1 aromatic heterocycles. The third-order valence-corrected chi connectivity index (χ3v) is 2.68. The van der Waals surface area contributed by atoms with Gasteiger partial charge in [-0.05, 0) is 38.1 Å². The molecule has 0 radical (unpaired) electrons. The van der Waals surface area contributed by atoms with E-state index in [9.17, 15) is 9.59 Å². The Labute approximate surface area is 110 Å². The van der Waals surface area contributed by atoms with Crippen LogP contribution in [0.15, 0.2) is 30.5 Å². The van der Waals surface area contributed by atoms with Gasteiger partial charge in [-0.3, -0.25) is 4.79 Å². The molecule has 5 heteroatoms. The van der Waals surface area contributed by atoms with Gasteiger partial charge < -0.3 is 14.4 Å². The summed E-state index contributed by atoms with van der Waals surface area (Å²) in [7, 11) is 0. The molecule has 0 aliphatic rings. The van der Waals surface area contributed by atoms with Crippen LogP contribution < -0.4 is 0 Å². The highest BCUT2D eigenvalue weighted by atomic mass is 16.5. The van der Waals surface area contributed by atoms with E-state index in [0.717, 1.165) is 10.9 Å². The lowest BCUT2D eigenvalue weighted by Gasteiger charge is -2.09. The van der Waals surface area contributed by atoms with Gasteiger partial charge in [-0.25, -0.2) is 4.79 Å². The van der Waals surface area contributed by atoms with Crippen molar-refractivity contribution < 1.29 is 19.4 Å². The normalized spacial score (nSPS) is 10.9. The third kappa shape index (κ3) is 2.93. The van der Waals surface area contributed by atoms with Crippen molar-refractivity contribution in [3.8, 4) is 0 Å². The van der Waals surface area contributed by atoms with Gasteiger partial charge in [0.05, 0.1) is 11.7 Å². The van der Waals surface area contributed by atoms with E-state index in [-0.39, 0.29) is 24.2 Å². The van der Waals surface area contributed by atoms with Crippen molar-refractivity contribution in [2.75, 3.05) is 0 Å². The number of hydrogen-bond acceptors (Lipinski definition) is 3. The fourth-order valence-corrected chi connectivity index (χ4v) is 1.91. The molecule has 0 unspecified atom stereocenters. The first kappa shape index (κ1) is 13.1. The maximum atomic E-state index is 11.6. The van der Waals surface area contributed by atoms with Crippen molar-refractivity contribution in [1.82, 2.24) is 4.57 Å². The lowest BCUT2D eigenvalue weighted by atomic mass is 10.1. The van der Waals surface area contributed by atoms with Gasteiger partial charge in [-0.1, -0.05) is 0 Å². The Hall–Kier alpha value is -2.30. The summed E-state index contributed by atoms with van der Waals surface area (Å²) < 4.78 is 6.82. The quantitative estimate of drug-likeness (QED) is 0.857. The third-order valence-electron chi connectivity index (χ3n) is 2.68. The van der Waals surface area contributed by atoms with Gasteiger partial charge in [0.2, 0.25) is 0 Å². The number of nitrogens with zero attached hydrogens (tertiary/aromatic N) is 1. The molecule has 2 rings (SSSR count). The maximum absolute atomic E-state index is 11.6. The van der Waals surface area contributed by atoms with E-state index in [2.05, 4.69) is 0 Å². The second-order valence-electron chi connectivity index (χ2n) is 4.56. The Morgan fingerprint density at radius 2 is 2.05 bits per heavy atom. The molecule has 0 aliphatic carbocycles. The molecular formula is C14H15NO4. The van der Waals surface area contributed by atoms with Gasteiger partial charge in [-0.15, -0.1) is 0 Å². The number of aromatic nitrogens is 1. The first-order chi connectivity index (χ1) is 8.97. The van der Waals surface area contributed by atoms with Gasteiger partial charge in [0.25, 0.3) is 0 Å². The fraction of sp³-hybridized carbons (Fsp3) is 0.286. The predicted molar refractivity (Wildman–Crippen MR) is 70.1 cm³/mol. The Morgan fingerprint density at radius 1 is 1.32 bits per heavy atom. The average molecular weight is 261 g/mol. The lowest BCUT2D eigenvalue weighted by molar-refractivity contribution is -0.148. The Balaban J connectivity index is 2.26. The highest BCUT2D eigenvalue weighted by Gasteiger charge is 2.10. The highest BCUT2D eigenvalue weighted by Crippen LogP contribution is 2.18. The zero-order chi connectivity index (χ0) is 14.0. The molecule has 0 spiro atoms. The van der Waals surface area contributed by atoms with Crippen molar-refractivity contribution in [1.29, 1.82) is 0 Å². The van der Waals surface area contributed by atoms with Gasteiger partial charge in [0, 0.05) is 17.1 Å². The Bertz CT molecular complexity index is 627. The number of hydrogen-bond donors (Lipinski definition) is 1. The van der Waals surface area contributed by atoms with E-state index < -0.39 is 5.97 Å². The van der Waals surface area contributed by atoms with E-state index >= 15 is 0 Å². The van der Waals surface area contributed by atoms with Crippen LogP contribution in [0.4, 0.5) is 0 Å². The van der Waals surface area contributed by atoms with Crippen LogP contribution in [0.25, 0.3) is 10.9 Å². The standard InChI is InChI=1S/C14H15NO4/c1-9(2)19-13(16)8-15-6-5-10-7-11(14(17)18)3-4-12(10)15/h3-7,9H,8H2,1-2H3,(H,17,18). The van der Waals surface area contributed by atoms with Crippen LogP contribution in [0.3, 0.4) is 0 Å². The minimum atomic E-state index is -0.964. The summed E-state index contributed by atoms with van der Waals surface area (Å²) in [5.74, 6) is -1.27. The molecule has 0 atom stereocenters. The largest absolute Gasteiger partial charge is 0.478 e. The molecule has 1 N–H and O–H groups in total. The summed E-state index contributed by atoms with van der Waals surface area (Å²) in [5, 5.41) is 9.70. The van der Waals surface area contributed by atoms with Crippen LogP contribution in [-0.2, 0) is 16.1 Å². The van der Waals surface area contributed by atoms with E-state index in [1.54, 1.807) is 42.8 Å². The molecule has 5 nitrogen and oxygen atoms in total. The zero-order valence-electron chi connectivity index (χ0n) is 10.8. The van der Waals surface area contributed by atoms with Crippen LogP contribution in [0.5, 0.6) is 0 Å². The molecule has 0 amide bonds. The van der Waals surface area contributed by atoms with E-state index in [1.165, 1.54) is 6.07 Å². The number of aromatic carboxylic acids is 1. The number of esters is 1. The van der Waals surface area contributed by atoms with Crippen molar-refractivity contribution in [3.05, 3.63) is 36.0 Å². The topological polar surface area (TPSA) is 68.5 Å². The second-order valence-corrected chi connectivity index (χ2v) is 4.56. The van der Waals surface area contributed by atoms with Crippen LogP contribution in [-0.4, -0.2) is 27.7 Å². The number of benzene rings is 1. The molecular weight excluding hydrogens is 246 g/mol. The van der Waals surface area contributed by atoms with Gasteiger partial charge in [-0.2, -0.15) is 0 Å². The van der Waals surface area contributed by atoms with Crippen LogP contribution in [0.2, 0.25) is 0 Å². The first-order valence-corrected chi connectivity index (χ1v) is 5.99. The number of carboxylic acid groups (broad SMARTS) is 1. The summed E-state index contributed by atoms with van der Waals surface area (Å²) in [5.41, 5.74) is 1.04. The summed E-state index contributed by atoms with van der Waals surface area (Å²) >= 11 is 0. The number of ether oxygens (including phenoxy) is 1.